The summed E-state index contributed by atoms with van der Waals surface area (Å²) in [7, 11) is 0. The summed E-state index contributed by atoms with van der Waals surface area (Å²) in [5, 5.41) is 12.0. The largest absolute Gasteiger partial charge is 0.418 e. The first-order chi connectivity index (χ1) is 8.74. The topological polar surface area (TPSA) is 32.3 Å². The Kier molecular flexibility index (Phi) is 5.67. The molecule has 0 heterocycles. The van der Waals surface area contributed by atoms with Crippen molar-refractivity contribution in [2.45, 2.75) is 32.5 Å². The van der Waals surface area contributed by atoms with E-state index in [0.29, 0.717) is 10.9 Å². The van der Waals surface area contributed by atoms with Gasteiger partial charge in [-0.2, -0.15) is 13.2 Å². The van der Waals surface area contributed by atoms with Gasteiger partial charge in [0.15, 0.2) is 0 Å². The first-order valence-electron chi connectivity index (χ1n) is 5.98. The van der Waals surface area contributed by atoms with Crippen molar-refractivity contribution >= 4 is 21.6 Å². The Morgan fingerprint density at radius 3 is 2.42 bits per heavy atom. The number of anilines is 1. The summed E-state index contributed by atoms with van der Waals surface area (Å²) in [5.41, 5.74) is -0.737. The fraction of sp³-hybridized carbons (Fsp3) is 0.538. The van der Waals surface area contributed by atoms with Gasteiger partial charge in [-0.25, -0.2) is 0 Å². The summed E-state index contributed by atoms with van der Waals surface area (Å²) in [6.45, 7) is 3.70. The highest BCUT2D eigenvalue weighted by Gasteiger charge is 2.34. The van der Waals surface area contributed by atoms with Crippen molar-refractivity contribution in [3.63, 3.8) is 0 Å². The zero-order valence-electron chi connectivity index (χ0n) is 10.8. The SMILES string of the molecule is CC(C)CC(CO)Nc1cc(Br)ccc1C(F)(F)F. The number of hydrogen-bond acceptors (Lipinski definition) is 2. The average Bonchev–Trinajstić information content (AvgIpc) is 2.25. The van der Waals surface area contributed by atoms with Gasteiger partial charge in [-0.3, -0.25) is 0 Å². The standard InChI is InChI=1S/C13H17BrF3NO/c1-8(2)5-10(7-19)18-12-6-9(14)3-4-11(12)13(15,16)17/h3-4,6,8,10,18-19H,5,7H2,1-2H3. The molecule has 2 nitrogen and oxygen atoms in total. The van der Waals surface area contributed by atoms with Crippen LogP contribution < -0.4 is 5.32 Å². The van der Waals surface area contributed by atoms with Crippen LogP contribution in [0.25, 0.3) is 0 Å². The van der Waals surface area contributed by atoms with E-state index in [1.807, 2.05) is 13.8 Å². The molecule has 1 aromatic carbocycles. The maximum Gasteiger partial charge on any atom is 0.418 e. The van der Waals surface area contributed by atoms with Crippen LogP contribution in [0, 0.1) is 5.92 Å². The molecule has 108 valence electrons. The highest BCUT2D eigenvalue weighted by Crippen LogP contribution is 2.36. The van der Waals surface area contributed by atoms with Crippen molar-refractivity contribution in [2.75, 3.05) is 11.9 Å². The van der Waals surface area contributed by atoms with E-state index in [1.54, 1.807) is 0 Å². The number of hydrogen-bond donors (Lipinski definition) is 2. The molecule has 0 radical (unpaired) electrons. The lowest BCUT2D eigenvalue weighted by molar-refractivity contribution is -0.137. The van der Waals surface area contributed by atoms with Gasteiger partial charge in [-0.05, 0) is 30.5 Å². The molecular weight excluding hydrogens is 323 g/mol. The van der Waals surface area contributed by atoms with Crippen LogP contribution in [0.15, 0.2) is 22.7 Å². The molecule has 0 aromatic heterocycles. The molecule has 1 rings (SSSR count). The minimum Gasteiger partial charge on any atom is -0.394 e. The highest BCUT2D eigenvalue weighted by molar-refractivity contribution is 9.10. The molecular formula is C13H17BrF3NO. The van der Waals surface area contributed by atoms with Crippen LogP contribution in [0.4, 0.5) is 18.9 Å². The first-order valence-corrected chi connectivity index (χ1v) is 6.77. The monoisotopic (exact) mass is 339 g/mol. The third kappa shape index (κ3) is 5.03. The summed E-state index contributed by atoms with van der Waals surface area (Å²) < 4.78 is 39.2. The Bertz CT molecular complexity index is 421. The number of aliphatic hydroxyl groups is 1. The summed E-state index contributed by atoms with van der Waals surface area (Å²) >= 11 is 3.16. The molecule has 0 fully saturated rings. The minimum absolute atomic E-state index is 0.0124. The van der Waals surface area contributed by atoms with Crippen molar-refractivity contribution in [1.29, 1.82) is 0 Å². The van der Waals surface area contributed by atoms with Crippen molar-refractivity contribution in [3.05, 3.63) is 28.2 Å². The number of aliphatic hydroxyl groups excluding tert-OH is 1. The molecule has 1 atom stereocenters. The lowest BCUT2D eigenvalue weighted by Gasteiger charge is -2.22. The molecule has 0 bridgehead atoms. The number of alkyl halides is 3. The third-order valence-electron chi connectivity index (χ3n) is 2.62. The molecule has 0 saturated heterocycles. The summed E-state index contributed by atoms with van der Waals surface area (Å²) in [4.78, 5) is 0. The number of halogens is 4. The van der Waals surface area contributed by atoms with E-state index < -0.39 is 17.8 Å². The zero-order chi connectivity index (χ0) is 14.6. The van der Waals surface area contributed by atoms with E-state index in [9.17, 15) is 18.3 Å². The maximum atomic E-state index is 12.9. The van der Waals surface area contributed by atoms with Crippen LogP contribution in [0.5, 0.6) is 0 Å². The quantitative estimate of drug-likeness (QED) is 0.838. The van der Waals surface area contributed by atoms with Gasteiger partial charge < -0.3 is 10.4 Å². The van der Waals surface area contributed by atoms with E-state index in [-0.39, 0.29) is 18.2 Å². The van der Waals surface area contributed by atoms with Crippen LogP contribution in [-0.2, 0) is 6.18 Å². The van der Waals surface area contributed by atoms with Crippen LogP contribution >= 0.6 is 15.9 Å². The Morgan fingerprint density at radius 1 is 1.32 bits per heavy atom. The lowest BCUT2D eigenvalue weighted by atomic mass is 10.0. The van der Waals surface area contributed by atoms with Gasteiger partial charge in [0.2, 0.25) is 0 Å². The van der Waals surface area contributed by atoms with Crippen molar-refractivity contribution in [2.24, 2.45) is 5.92 Å². The Balaban J connectivity index is 3.01. The second-order valence-corrected chi connectivity index (χ2v) is 5.76. The molecule has 0 spiro atoms. The van der Waals surface area contributed by atoms with Gasteiger partial charge >= 0.3 is 6.18 Å². The normalized spacial score (nSPS) is 13.7. The number of benzene rings is 1. The molecule has 19 heavy (non-hydrogen) atoms. The molecule has 1 aromatic rings. The first kappa shape index (κ1) is 16.3. The third-order valence-corrected chi connectivity index (χ3v) is 3.12. The molecule has 0 amide bonds. The number of rotatable bonds is 5. The van der Waals surface area contributed by atoms with Gasteiger partial charge in [-0.15, -0.1) is 0 Å². The summed E-state index contributed by atoms with van der Waals surface area (Å²) in [6.07, 6.45) is -3.82. The smallest absolute Gasteiger partial charge is 0.394 e. The van der Waals surface area contributed by atoms with Gasteiger partial charge in [0.1, 0.15) is 0 Å². The molecule has 1 unspecified atom stereocenters. The Labute approximate surface area is 119 Å². The van der Waals surface area contributed by atoms with Crippen molar-refractivity contribution in [3.8, 4) is 0 Å². The fourth-order valence-electron chi connectivity index (χ4n) is 1.85. The van der Waals surface area contributed by atoms with Crippen LogP contribution in [0.3, 0.4) is 0 Å². The summed E-state index contributed by atoms with van der Waals surface area (Å²) in [6, 6.07) is 3.36. The van der Waals surface area contributed by atoms with E-state index in [1.165, 1.54) is 12.1 Å². The van der Waals surface area contributed by atoms with Crippen LogP contribution in [-0.4, -0.2) is 17.8 Å². The van der Waals surface area contributed by atoms with Gasteiger partial charge in [0, 0.05) is 16.2 Å². The molecule has 0 aliphatic carbocycles. The predicted octanol–water partition coefficient (Wildman–Crippen LogP) is 4.29. The lowest BCUT2D eigenvalue weighted by Crippen LogP contribution is -2.27. The highest BCUT2D eigenvalue weighted by atomic mass is 79.9. The Morgan fingerprint density at radius 2 is 1.95 bits per heavy atom. The fourth-order valence-corrected chi connectivity index (χ4v) is 2.21. The van der Waals surface area contributed by atoms with E-state index in [0.717, 1.165) is 6.07 Å². The number of nitrogens with one attached hydrogen (secondary N) is 1. The van der Waals surface area contributed by atoms with Crippen LogP contribution in [0.2, 0.25) is 0 Å². The Hall–Kier alpha value is -0.750. The van der Waals surface area contributed by atoms with Crippen molar-refractivity contribution in [1.82, 2.24) is 0 Å². The second kappa shape index (κ2) is 6.61. The minimum atomic E-state index is -4.42. The maximum absolute atomic E-state index is 12.9. The second-order valence-electron chi connectivity index (χ2n) is 4.84. The average molecular weight is 340 g/mol. The molecule has 6 heteroatoms. The van der Waals surface area contributed by atoms with Gasteiger partial charge in [-0.1, -0.05) is 29.8 Å². The summed E-state index contributed by atoms with van der Waals surface area (Å²) in [5.74, 6) is 0.283. The molecule has 2 N–H and O–H groups in total. The predicted molar refractivity (Wildman–Crippen MR) is 73.1 cm³/mol. The zero-order valence-corrected chi connectivity index (χ0v) is 12.3. The molecule has 0 aliphatic rings. The van der Waals surface area contributed by atoms with E-state index in [2.05, 4.69) is 21.2 Å². The van der Waals surface area contributed by atoms with E-state index in [4.69, 9.17) is 0 Å². The molecule has 0 aliphatic heterocycles. The van der Waals surface area contributed by atoms with Crippen molar-refractivity contribution < 1.29 is 18.3 Å². The van der Waals surface area contributed by atoms with Gasteiger partial charge in [0.25, 0.3) is 0 Å². The van der Waals surface area contributed by atoms with Crippen LogP contribution in [0.1, 0.15) is 25.8 Å². The van der Waals surface area contributed by atoms with Gasteiger partial charge in [0.05, 0.1) is 12.2 Å². The van der Waals surface area contributed by atoms with E-state index >= 15 is 0 Å². The molecule has 0 saturated carbocycles.